The Morgan fingerprint density at radius 2 is 2.10 bits per heavy atom. The van der Waals surface area contributed by atoms with Crippen molar-refractivity contribution in [3.8, 4) is 6.07 Å². The molecule has 0 radical (unpaired) electrons. The molecule has 0 aliphatic heterocycles. The molecule has 0 aliphatic carbocycles. The van der Waals surface area contributed by atoms with E-state index in [1.54, 1.807) is 13.0 Å². The number of amides is 1. The van der Waals surface area contributed by atoms with Crippen LogP contribution in [-0.2, 0) is 11.0 Å². The maximum Gasteiger partial charge on any atom is 0.416 e. The van der Waals surface area contributed by atoms with Gasteiger partial charge in [0.2, 0.25) is 5.91 Å². The van der Waals surface area contributed by atoms with Crippen LogP contribution in [-0.4, -0.2) is 11.9 Å². The number of hydrogen-bond acceptors (Lipinski definition) is 3. The molecule has 0 aromatic heterocycles. The van der Waals surface area contributed by atoms with Gasteiger partial charge in [0, 0.05) is 0 Å². The lowest BCUT2D eigenvalue weighted by molar-refractivity contribution is -0.137. The summed E-state index contributed by atoms with van der Waals surface area (Å²) in [5.41, 5.74) is 4.56. The van der Waals surface area contributed by atoms with Crippen LogP contribution in [0.2, 0.25) is 0 Å². The van der Waals surface area contributed by atoms with Crippen LogP contribution >= 0.6 is 0 Å². The molecular weight excluding hydrogens is 283 g/mol. The summed E-state index contributed by atoms with van der Waals surface area (Å²) in [4.78, 5) is 11.9. The molecule has 0 fully saturated rings. The van der Waals surface area contributed by atoms with Gasteiger partial charge in [-0.05, 0) is 24.1 Å². The van der Waals surface area contributed by atoms with Gasteiger partial charge in [0.25, 0.3) is 0 Å². The average Bonchev–Trinajstić information content (AvgIpc) is 2.44. The number of benzene rings is 1. The van der Waals surface area contributed by atoms with E-state index in [2.05, 4.69) is 5.32 Å². The van der Waals surface area contributed by atoms with Gasteiger partial charge in [-0.1, -0.05) is 20.3 Å². The highest BCUT2D eigenvalue weighted by atomic mass is 19.4. The summed E-state index contributed by atoms with van der Waals surface area (Å²) in [7, 11) is 0. The van der Waals surface area contributed by atoms with Gasteiger partial charge in [0.15, 0.2) is 0 Å². The molecular formula is C14H16F3N3O. The Kier molecular flexibility index (Phi) is 5.33. The molecule has 0 saturated heterocycles. The maximum absolute atomic E-state index is 12.6. The molecule has 7 heteroatoms. The largest absolute Gasteiger partial charge is 0.416 e. The van der Waals surface area contributed by atoms with Crippen LogP contribution in [0.15, 0.2) is 18.2 Å². The molecule has 0 spiro atoms. The number of nitrogens with one attached hydrogen (secondary N) is 1. The molecule has 1 aromatic rings. The molecule has 0 aliphatic rings. The Morgan fingerprint density at radius 1 is 1.48 bits per heavy atom. The Morgan fingerprint density at radius 3 is 2.57 bits per heavy atom. The zero-order chi connectivity index (χ0) is 16.2. The van der Waals surface area contributed by atoms with E-state index in [0.717, 1.165) is 12.1 Å². The Hall–Kier alpha value is -2.07. The summed E-state index contributed by atoms with van der Waals surface area (Å²) < 4.78 is 37.7. The fourth-order valence-corrected chi connectivity index (χ4v) is 1.65. The molecule has 0 bridgehead atoms. The quantitative estimate of drug-likeness (QED) is 0.897. The van der Waals surface area contributed by atoms with Crippen molar-refractivity contribution in [2.75, 3.05) is 5.32 Å². The number of nitriles is 1. The van der Waals surface area contributed by atoms with Crippen LogP contribution < -0.4 is 11.1 Å². The number of carbonyl (C=O) groups excluding carboxylic acids is 1. The van der Waals surface area contributed by atoms with Crippen molar-refractivity contribution in [1.29, 1.82) is 5.26 Å². The first kappa shape index (κ1) is 17.0. The van der Waals surface area contributed by atoms with Crippen molar-refractivity contribution in [2.45, 2.75) is 32.5 Å². The number of hydrogen-bond donors (Lipinski definition) is 2. The van der Waals surface area contributed by atoms with E-state index in [-0.39, 0.29) is 17.2 Å². The summed E-state index contributed by atoms with van der Waals surface area (Å²) in [6.45, 7) is 3.67. The fourth-order valence-electron chi connectivity index (χ4n) is 1.65. The van der Waals surface area contributed by atoms with Gasteiger partial charge < -0.3 is 11.1 Å². The lowest BCUT2D eigenvalue weighted by atomic mass is 9.99. The van der Waals surface area contributed by atoms with Gasteiger partial charge in [-0.15, -0.1) is 0 Å². The average molecular weight is 299 g/mol. The Balaban J connectivity index is 3.00. The molecule has 3 N–H and O–H groups in total. The highest BCUT2D eigenvalue weighted by Gasteiger charge is 2.31. The van der Waals surface area contributed by atoms with Gasteiger partial charge >= 0.3 is 6.18 Å². The van der Waals surface area contributed by atoms with Crippen molar-refractivity contribution >= 4 is 11.6 Å². The third-order valence-corrected chi connectivity index (χ3v) is 3.28. The predicted molar refractivity (Wildman–Crippen MR) is 72.2 cm³/mol. The van der Waals surface area contributed by atoms with Crippen LogP contribution in [0.3, 0.4) is 0 Å². The molecule has 1 amide bonds. The van der Waals surface area contributed by atoms with E-state index in [1.165, 1.54) is 0 Å². The van der Waals surface area contributed by atoms with E-state index in [0.29, 0.717) is 12.5 Å². The van der Waals surface area contributed by atoms with Crippen LogP contribution in [0.25, 0.3) is 0 Å². The van der Waals surface area contributed by atoms with E-state index in [1.807, 2.05) is 6.92 Å². The van der Waals surface area contributed by atoms with E-state index >= 15 is 0 Å². The lowest BCUT2D eigenvalue weighted by Crippen LogP contribution is -2.40. The van der Waals surface area contributed by atoms with Gasteiger partial charge in [0.1, 0.15) is 6.07 Å². The molecule has 1 aromatic carbocycles. The van der Waals surface area contributed by atoms with Gasteiger partial charge in [-0.25, -0.2) is 0 Å². The standard InChI is InChI=1S/C14H16F3N3O/c1-3-8(2)12(19)13(21)20-11-5-4-10(14(15,16)17)6-9(11)7-18/h4-6,8,12H,3,19H2,1-2H3,(H,20,21)/t8-,12-/m0/s1. The third-order valence-electron chi connectivity index (χ3n) is 3.28. The minimum absolute atomic E-state index is 0.0225. The maximum atomic E-state index is 12.6. The number of alkyl halides is 3. The van der Waals surface area contributed by atoms with Crippen molar-refractivity contribution in [1.82, 2.24) is 0 Å². The number of halogens is 3. The van der Waals surface area contributed by atoms with Crippen LogP contribution in [0.1, 0.15) is 31.4 Å². The van der Waals surface area contributed by atoms with Crippen molar-refractivity contribution in [3.05, 3.63) is 29.3 Å². The highest BCUT2D eigenvalue weighted by molar-refractivity contribution is 5.96. The molecule has 2 atom stereocenters. The first-order valence-electron chi connectivity index (χ1n) is 6.38. The third kappa shape index (κ3) is 4.20. The lowest BCUT2D eigenvalue weighted by Gasteiger charge is -2.18. The normalized spacial score (nSPS) is 14.1. The van der Waals surface area contributed by atoms with Crippen LogP contribution in [0, 0.1) is 17.2 Å². The summed E-state index contributed by atoms with van der Waals surface area (Å²) in [6, 6.07) is 3.42. The Bertz CT molecular complexity index is 564. The smallest absolute Gasteiger partial charge is 0.324 e. The molecule has 1 rings (SSSR count). The van der Waals surface area contributed by atoms with E-state index < -0.39 is 23.7 Å². The molecule has 0 saturated carbocycles. The topological polar surface area (TPSA) is 78.9 Å². The molecule has 21 heavy (non-hydrogen) atoms. The van der Waals surface area contributed by atoms with Gasteiger partial charge in [-0.2, -0.15) is 18.4 Å². The fraction of sp³-hybridized carbons (Fsp3) is 0.429. The van der Waals surface area contributed by atoms with E-state index in [9.17, 15) is 18.0 Å². The number of nitrogens with zero attached hydrogens (tertiary/aromatic N) is 1. The monoisotopic (exact) mass is 299 g/mol. The zero-order valence-corrected chi connectivity index (χ0v) is 11.7. The Labute approximate surface area is 120 Å². The second kappa shape index (κ2) is 6.59. The second-order valence-electron chi connectivity index (χ2n) is 4.77. The summed E-state index contributed by atoms with van der Waals surface area (Å²) in [5, 5.41) is 11.3. The second-order valence-corrected chi connectivity index (χ2v) is 4.77. The SMILES string of the molecule is CC[C@H](C)[C@H](N)C(=O)Nc1ccc(C(F)(F)F)cc1C#N. The summed E-state index contributed by atoms with van der Waals surface area (Å²) >= 11 is 0. The number of carbonyl (C=O) groups is 1. The first-order chi connectivity index (χ1) is 9.70. The molecule has 114 valence electrons. The van der Waals surface area contributed by atoms with Crippen molar-refractivity contribution in [3.63, 3.8) is 0 Å². The van der Waals surface area contributed by atoms with Crippen molar-refractivity contribution < 1.29 is 18.0 Å². The molecule has 0 unspecified atom stereocenters. The molecule has 0 heterocycles. The minimum Gasteiger partial charge on any atom is -0.324 e. The van der Waals surface area contributed by atoms with Crippen LogP contribution in [0.4, 0.5) is 18.9 Å². The summed E-state index contributed by atoms with van der Waals surface area (Å²) in [5.74, 6) is -0.606. The predicted octanol–water partition coefficient (Wildman–Crippen LogP) is 2.89. The number of rotatable bonds is 4. The number of nitrogens with two attached hydrogens (primary N) is 1. The minimum atomic E-state index is -4.54. The number of anilines is 1. The first-order valence-corrected chi connectivity index (χ1v) is 6.38. The van der Waals surface area contributed by atoms with Gasteiger partial charge in [-0.3, -0.25) is 4.79 Å². The zero-order valence-electron chi connectivity index (χ0n) is 11.7. The summed E-state index contributed by atoms with van der Waals surface area (Å²) in [6.07, 6.45) is -3.85. The van der Waals surface area contributed by atoms with Crippen molar-refractivity contribution in [2.24, 2.45) is 11.7 Å². The van der Waals surface area contributed by atoms with Crippen LogP contribution in [0.5, 0.6) is 0 Å². The van der Waals surface area contributed by atoms with Gasteiger partial charge in [0.05, 0.1) is 22.9 Å². The highest BCUT2D eigenvalue weighted by Crippen LogP contribution is 2.31. The van der Waals surface area contributed by atoms with E-state index in [4.69, 9.17) is 11.0 Å². The molecule has 4 nitrogen and oxygen atoms in total.